The molecule has 0 bridgehead atoms. The molecule has 3 aromatic carbocycles. The Morgan fingerprint density at radius 2 is 1.19 bits per heavy atom. The van der Waals surface area contributed by atoms with Crippen molar-refractivity contribution in [3.63, 3.8) is 0 Å². The van der Waals surface area contributed by atoms with E-state index < -0.39 is 0 Å². The van der Waals surface area contributed by atoms with Crippen molar-refractivity contribution in [2.45, 2.75) is 26.7 Å². The van der Waals surface area contributed by atoms with E-state index in [2.05, 4.69) is 19.9 Å². The molecule has 26 heavy (non-hydrogen) atoms. The molecule has 0 amide bonds. The molecule has 2 heteroatoms. The molecule has 0 aromatic heterocycles. The Bertz CT molecular complexity index is 939. The summed E-state index contributed by atoms with van der Waals surface area (Å²) in [7, 11) is 0. The molecular weight excluding hydrogens is 320 g/mol. The van der Waals surface area contributed by atoms with E-state index in [-0.39, 0.29) is 11.6 Å². The van der Waals surface area contributed by atoms with Crippen LogP contribution in [0.3, 0.4) is 0 Å². The number of benzene rings is 3. The maximum Gasteiger partial charge on any atom is 0.194 e. The lowest BCUT2D eigenvalue weighted by molar-refractivity contribution is 0.100. The smallest absolute Gasteiger partial charge is 0.194 e. The number of hydrogen-bond donors (Lipinski definition) is 0. The van der Waals surface area contributed by atoms with Crippen LogP contribution in [0.2, 0.25) is 0 Å². The number of ketones is 2. The third kappa shape index (κ3) is 3.36. The van der Waals surface area contributed by atoms with Gasteiger partial charge in [-0.05, 0) is 24.0 Å². The van der Waals surface area contributed by atoms with E-state index in [1.165, 1.54) is 5.56 Å². The number of carbonyl (C=O) groups is 2. The van der Waals surface area contributed by atoms with Gasteiger partial charge in [-0.25, -0.2) is 0 Å². The molecule has 2 nitrogen and oxygen atoms in total. The van der Waals surface area contributed by atoms with E-state index in [1.807, 2.05) is 36.4 Å². The predicted octanol–water partition coefficient (Wildman–Crippen LogP) is 5.27. The molecule has 3 aromatic rings. The van der Waals surface area contributed by atoms with Crippen LogP contribution in [0.4, 0.5) is 0 Å². The van der Waals surface area contributed by atoms with Crippen LogP contribution in [-0.4, -0.2) is 11.6 Å². The Morgan fingerprint density at radius 1 is 0.615 bits per heavy atom. The molecule has 0 spiro atoms. The standard InChI is InChI=1S/C24H22O2/c1-3-17-13-10-16-20(19(17)4-2)24(26)22-15-9-8-14-21(22)23(25)18-11-6-5-7-12-18/h5-16H,3-4H2,1-2H3. The fourth-order valence-corrected chi connectivity index (χ4v) is 3.37. The van der Waals surface area contributed by atoms with Gasteiger partial charge in [0.15, 0.2) is 11.6 Å². The molecule has 0 N–H and O–H groups in total. The molecule has 0 radical (unpaired) electrons. The first-order valence-corrected chi connectivity index (χ1v) is 9.01. The summed E-state index contributed by atoms with van der Waals surface area (Å²) in [5.74, 6) is -0.212. The zero-order valence-corrected chi connectivity index (χ0v) is 15.2. The van der Waals surface area contributed by atoms with Crippen LogP contribution in [0.1, 0.15) is 56.8 Å². The minimum Gasteiger partial charge on any atom is -0.289 e. The van der Waals surface area contributed by atoms with Gasteiger partial charge in [0.2, 0.25) is 0 Å². The molecule has 0 aliphatic rings. The summed E-state index contributed by atoms with van der Waals surface area (Å²) in [6, 6.07) is 22.0. The van der Waals surface area contributed by atoms with E-state index in [9.17, 15) is 9.59 Å². The third-order valence-electron chi connectivity index (χ3n) is 4.70. The van der Waals surface area contributed by atoms with Gasteiger partial charge >= 0.3 is 0 Å². The molecule has 0 aliphatic heterocycles. The van der Waals surface area contributed by atoms with Gasteiger partial charge in [-0.2, -0.15) is 0 Å². The van der Waals surface area contributed by atoms with Crippen LogP contribution in [0.15, 0.2) is 72.8 Å². The van der Waals surface area contributed by atoms with Gasteiger partial charge in [0.25, 0.3) is 0 Å². The molecule has 0 heterocycles. The third-order valence-corrected chi connectivity index (χ3v) is 4.70. The van der Waals surface area contributed by atoms with E-state index in [0.29, 0.717) is 22.3 Å². The highest BCUT2D eigenvalue weighted by Gasteiger charge is 2.21. The number of aryl methyl sites for hydroxylation is 1. The lowest BCUT2D eigenvalue weighted by Crippen LogP contribution is -2.13. The zero-order valence-electron chi connectivity index (χ0n) is 15.2. The monoisotopic (exact) mass is 342 g/mol. The second-order valence-corrected chi connectivity index (χ2v) is 6.22. The molecular formula is C24H22O2. The van der Waals surface area contributed by atoms with Gasteiger partial charge in [-0.3, -0.25) is 9.59 Å². The summed E-state index contributed by atoms with van der Waals surface area (Å²) in [5.41, 5.74) is 4.45. The van der Waals surface area contributed by atoms with Crippen molar-refractivity contribution < 1.29 is 9.59 Å². The summed E-state index contributed by atoms with van der Waals surface area (Å²) in [6.07, 6.45) is 1.68. The lowest BCUT2D eigenvalue weighted by Gasteiger charge is -2.13. The maximum absolute atomic E-state index is 13.3. The van der Waals surface area contributed by atoms with Gasteiger partial charge < -0.3 is 0 Å². The van der Waals surface area contributed by atoms with Crippen LogP contribution >= 0.6 is 0 Å². The Morgan fingerprint density at radius 3 is 1.81 bits per heavy atom. The van der Waals surface area contributed by atoms with Gasteiger partial charge in [0, 0.05) is 22.3 Å². The molecule has 0 atom stereocenters. The van der Waals surface area contributed by atoms with Crippen molar-refractivity contribution in [3.8, 4) is 0 Å². The summed E-state index contributed by atoms with van der Waals surface area (Å²) in [4.78, 5) is 26.2. The van der Waals surface area contributed by atoms with Crippen molar-refractivity contribution in [1.29, 1.82) is 0 Å². The zero-order chi connectivity index (χ0) is 18.5. The fraction of sp³-hybridized carbons (Fsp3) is 0.167. The van der Waals surface area contributed by atoms with Gasteiger partial charge in [-0.1, -0.05) is 86.6 Å². The van der Waals surface area contributed by atoms with Crippen molar-refractivity contribution in [3.05, 3.63) is 106 Å². The maximum atomic E-state index is 13.3. The predicted molar refractivity (Wildman–Crippen MR) is 105 cm³/mol. The Labute approximate surface area is 154 Å². The SMILES string of the molecule is CCc1cccc(C(=O)c2ccccc2C(=O)c2ccccc2)c1CC. The second kappa shape index (κ2) is 7.92. The quantitative estimate of drug-likeness (QED) is 0.572. The van der Waals surface area contributed by atoms with Crippen LogP contribution in [0.25, 0.3) is 0 Å². The first-order chi connectivity index (χ1) is 12.7. The summed E-state index contributed by atoms with van der Waals surface area (Å²) < 4.78 is 0. The van der Waals surface area contributed by atoms with Crippen LogP contribution in [0, 0.1) is 0 Å². The van der Waals surface area contributed by atoms with Crippen LogP contribution < -0.4 is 0 Å². The average molecular weight is 342 g/mol. The molecule has 0 saturated carbocycles. The van der Waals surface area contributed by atoms with E-state index in [0.717, 1.165) is 18.4 Å². The molecule has 0 saturated heterocycles. The fourth-order valence-electron chi connectivity index (χ4n) is 3.37. The largest absolute Gasteiger partial charge is 0.289 e. The lowest BCUT2D eigenvalue weighted by atomic mass is 9.89. The molecule has 0 fully saturated rings. The van der Waals surface area contributed by atoms with Gasteiger partial charge in [0.1, 0.15) is 0 Å². The summed E-state index contributed by atoms with van der Waals surface area (Å²) >= 11 is 0. The average Bonchev–Trinajstić information content (AvgIpc) is 2.72. The molecule has 130 valence electrons. The van der Waals surface area contributed by atoms with Gasteiger partial charge in [0.05, 0.1) is 0 Å². The van der Waals surface area contributed by atoms with E-state index in [1.54, 1.807) is 30.3 Å². The Kier molecular flexibility index (Phi) is 5.43. The minimum absolute atomic E-state index is 0.0861. The van der Waals surface area contributed by atoms with E-state index >= 15 is 0 Å². The summed E-state index contributed by atoms with van der Waals surface area (Å²) in [6.45, 7) is 4.15. The first kappa shape index (κ1) is 17.8. The van der Waals surface area contributed by atoms with Crippen LogP contribution in [0.5, 0.6) is 0 Å². The Balaban J connectivity index is 2.09. The van der Waals surface area contributed by atoms with Gasteiger partial charge in [-0.15, -0.1) is 0 Å². The highest BCUT2D eigenvalue weighted by atomic mass is 16.1. The normalized spacial score (nSPS) is 10.5. The first-order valence-electron chi connectivity index (χ1n) is 9.01. The number of hydrogen-bond acceptors (Lipinski definition) is 2. The van der Waals surface area contributed by atoms with E-state index in [4.69, 9.17) is 0 Å². The summed E-state index contributed by atoms with van der Waals surface area (Å²) in [5, 5.41) is 0. The Hall–Kier alpha value is -3.00. The molecule has 3 rings (SSSR count). The van der Waals surface area contributed by atoms with Crippen molar-refractivity contribution >= 4 is 11.6 Å². The van der Waals surface area contributed by atoms with Crippen molar-refractivity contribution in [2.75, 3.05) is 0 Å². The highest BCUT2D eigenvalue weighted by molar-refractivity contribution is 6.20. The van der Waals surface area contributed by atoms with Crippen molar-refractivity contribution in [1.82, 2.24) is 0 Å². The molecule has 0 unspecified atom stereocenters. The number of rotatable bonds is 6. The number of carbonyl (C=O) groups excluding carboxylic acids is 2. The van der Waals surface area contributed by atoms with Crippen molar-refractivity contribution in [2.24, 2.45) is 0 Å². The topological polar surface area (TPSA) is 34.1 Å². The van der Waals surface area contributed by atoms with Crippen LogP contribution in [-0.2, 0) is 12.8 Å². The second-order valence-electron chi connectivity index (χ2n) is 6.22. The highest BCUT2D eigenvalue weighted by Crippen LogP contribution is 2.23. The molecule has 0 aliphatic carbocycles. The minimum atomic E-state index is -0.126.